The number of aryl methyl sites for hydroxylation is 3. The number of carbonyl (C=O) groups is 3. The molecule has 0 aliphatic carbocycles. The van der Waals surface area contributed by atoms with Gasteiger partial charge in [-0.1, -0.05) is 41.4 Å². The number of hydrogen-bond acceptors (Lipinski definition) is 5. The second-order valence-electron chi connectivity index (χ2n) is 7.99. The highest BCUT2D eigenvalue weighted by Gasteiger charge is 2.29. The fourth-order valence-electron chi connectivity index (χ4n) is 3.76. The molecule has 0 radical (unpaired) electrons. The Kier molecular flexibility index (Phi) is 6.69. The average molecular weight is 456 g/mol. The molecule has 2 heterocycles. The van der Waals surface area contributed by atoms with Crippen molar-refractivity contribution in [1.29, 1.82) is 0 Å². The van der Waals surface area contributed by atoms with E-state index in [1.807, 2.05) is 31.2 Å². The zero-order chi connectivity index (χ0) is 23.7. The maximum atomic E-state index is 12.9. The number of nitrogens with zero attached hydrogens (tertiary/aromatic N) is 2. The van der Waals surface area contributed by atoms with E-state index in [0.29, 0.717) is 29.1 Å². The van der Waals surface area contributed by atoms with E-state index in [-0.39, 0.29) is 22.2 Å². The maximum absolute atomic E-state index is 12.9. The van der Waals surface area contributed by atoms with E-state index >= 15 is 0 Å². The second-order valence-corrected chi connectivity index (χ2v) is 8.35. The number of Topliss-reactive ketones (excluding diaryl/α,β-unsaturated/α-hetero) is 2. The van der Waals surface area contributed by atoms with Gasteiger partial charge in [0.2, 0.25) is 5.78 Å². The van der Waals surface area contributed by atoms with Crippen molar-refractivity contribution in [3.8, 4) is 0 Å². The standard InChI is InChI=1S/C24H26ClN3O4/c1-12-7-9-18(10-8-12)11-28-23(25)20(15(4)27-28)24(31)32-17(6)22(30)21-13(2)19(16(5)29)14(3)26-21/h7-10,17,26H,11H2,1-6H3. The van der Waals surface area contributed by atoms with Gasteiger partial charge in [0.1, 0.15) is 10.7 Å². The molecule has 1 atom stereocenters. The Labute approximate surface area is 191 Å². The maximum Gasteiger partial charge on any atom is 0.343 e. The summed E-state index contributed by atoms with van der Waals surface area (Å²) in [6, 6.07) is 7.92. The molecule has 168 valence electrons. The van der Waals surface area contributed by atoms with Crippen molar-refractivity contribution >= 4 is 29.1 Å². The molecular formula is C24H26ClN3O4. The van der Waals surface area contributed by atoms with Crippen LogP contribution in [0.25, 0.3) is 0 Å². The fraction of sp³-hybridized carbons (Fsp3) is 0.333. The average Bonchev–Trinajstić information content (AvgIpc) is 3.17. The molecular weight excluding hydrogens is 430 g/mol. The molecule has 3 rings (SSSR count). The van der Waals surface area contributed by atoms with Crippen molar-refractivity contribution in [2.75, 3.05) is 0 Å². The predicted molar refractivity (Wildman–Crippen MR) is 122 cm³/mol. The van der Waals surface area contributed by atoms with Crippen LogP contribution in [0.4, 0.5) is 0 Å². The molecule has 0 spiro atoms. The molecule has 32 heavy (non-hydrogen) atoms. The zero-order valence-corrected chi connectivity index (χ0v) is 19.8. The summed E-state index contributed by atoms with van der Waals surface area (Å²) < 4.78 is 6.96. The van der Waals surface area contributed by atoms with Gasteiger partial charge in [-0.15, -0.1) is 0 Å². The van der Waals surface area contributed by atoms with Crippen LogP contribution in [0.3, 0.4) is 0 Å². The molecule has 0 aliphatic rings. The van der Waals surface area contributed by atoms with Gasteiger partial charge in [-0.2, -0.15) is 5.10 Å². The first-order chi connectivity index (χ1) is 15.0. The van der Waals surface area contributed by atoms with E-state index in [9.17, 15) is 14.4 Å². The molecule has 3 aromatic rings. The number of carbonyl (C=O) groups excluding carboxylic acids is 3. The van der Waals surface area contributed by atoms with Gasteiger partial charge in [0.25, 0.3) is 0 Å². The van der Waals surface area contributed by atoms with Crippen molar-refractivity contribution in [2.24, 2.45) is 0 Å². The van der Waals surface area contributed by atoms with Gasteiger partial charge in [-0.25, -0.2) is 9.48 Å². The summed E-state index contributed by atoms with van der Waals surface area (Å²) in [7, 11) is 0. The third-order valence-corrected chi connectivity index (χ3v) is 5.80. The Morgan fingerprint density at radius 3 is 2.28 bits per heavy atom. The van der Waals surface area contributed by atoms with Crippen LogP contribution in [0.1, 0.15) is 73.1 Å². The molecule has 1 aromatic carbocycles. The van der Waals surface area contributed by atoms with Gasteiger partial charge >= 0.3 is 5.97 Å². The predicted octanol–water partition coefficient (Wildman–Crippen LogP) is 4.78. The van der Waals surface area contributed by atoms with Crippen LogP contribution in [0.5, 0.6) is 0 Å². The molecule has 1 unspecified atom stereocenters. The molecule has 0 bridgehead atoms. The van der Waals surface area contributed by atoms with Crippen molar-refractivity contribution in [2.45, 2.75) is 54.2 Å². The number of rotatable bonds is 7. The van der Waals surface area contributed by atoms with Crippen LogP contribution in [0.15, 0.2) is 24.3 Å². The minimum absolute atomic E-state index is 0.127. The fourth-order valence-corrected chi connectivity index (χ4v) is 4.07. The summed E-state index contributed by atoms with van der Waals surface area (Å²) in [5, 5.41) is 4.51. The molecule has 0 fully saturated rings. The summed E-state index contributed by atoms with van der Waals surface area (Å²) in [4.78, 5) is 40.5. The lowest BCUT2D eigenvalue weighted by Gasteiger charge is -2.12. The minimum atomic E-state index is -1.07. The van der Waals surface area contributed by atoms with Gasteiger partial charge < -0.3 is 9.72 Å². The number of benzene rings is 1. The van der Waals surface area contributed by atoms with E-state index in [4.69, 9.17) is 16.3 Å². The van der Waals surface area contributed by atoms with E-state index < -0.39 is 17.9 Å². The number of esters is 1. The zero-order valence-electron chi connectivity index (χ0n) is 19.0. The number of ether oxygens (including phenoxy) is 1. The Hall–Kier alpha value is -3.19. The van der Waals surface area contributed by atoms with E-state index in [0.717, 1.165) is 11.1 Å². The van der Waals surface area contributed by atoms with Crippen LogP contribution >= 0.6 is 11.6 Å². The lowest BCUT2D eigenvalue weighted by atomic mass is 10.0. The van der Waals surface area contributed by atoms with Gasteiger partial charge in [0.15, 0.2) is 11.9 Å². The summed E-state index contributed by atoms with van der Waals surface area (Å²) in [6.45, 7) is 10.4. The minimum Gasteiger partial charge on any atom is -0.450 e. The number of aromatic nitrogens is 3. The molecule has 0 saturated heterocycles. The van der Waals surface area contributed by atoms with Crippen molar-refractivity contribution < 1.29 is 19.1 Å². The first kappa shape index (κ1) is 23.5. The SMILES string of the molecule is CC(=O)c1c(C)[nH]c(C(=O)C(C)OC(=O)c2c(C)nn(Cc3ccc(C)cc3)c2Cl)c1C. The number of ketones is 2. The highest BCUT2D eigenvalue weighted by atomic mass is 35.5. The van der Waals surface area contributed by atoms with Gasteiger partial charge in [-0.05, 0) is 52.7 Å². The van der Waals surface area contributed by atoms with Crippen molar-refractivity contribution in [1.82, 2.24) is 14.8 Å². The van der Waals surface area contributed by atoms with Crippen LogP contribution in [0, 0.1) is 27.7 Å². The summed E-state index contributed by atoms with van der Waals surface area (Å²) in [5.74, 6) is -1.29. The van der Waals surface area contributed by atoms with Gasteiger partial charge in [-0.3, -0.25) is 9.59 Å². The Morgan fingerprint density at radius 2 is 1.72 bits per heavy atom. The normalized spacial score (nSPS) is 12.0. The number of halogens is 1. The highest BCUT2D eigenvalue weighted by molar-refractivity contribution is 6.32. The van der Waals surface area contributed by atoms with Crippen LogP contribution in [0.2, 0.25) is 5.15 Å². The smallest absolute Gasteiger partial charge is 0.343 e. The van der Waals surface area contributed by atoms with Gasteiger partial charge in [0, 0.05) is 11.3 Å². The third kappa shape index (κ3) is 4.53. The summed E-state index contributed by atoms with van der Waals surface area (Å²) in [5.41, 5.74) is 4.55. The Balaban J connectivity index is 1.79. The molecule has 2 aromatic heterocycles. The topological polar surface area (TPSA) is 94.0 Å². The number of H-pyrrole nitrogens is 1. The lowest BCUT2D eigenvalue weighted by molar-refractivity contribution is 0.0316. The molecule has 0 amide bonds. The first-order valence-corrected chi connectivity index (χ1v) is 10.6. The molecule has 1 N–H and O–H groups in total. The van der Waals surface area contributed by atoms with Crippen molar-refractivity contribution in [3.63, 3.8) is 0 Å². The monoisotopic (exact) mass is 455 g/mol. The molecule has 7 nitrogen and oxygen atoms in total. The largest absolute Gasteiger partial charge is 0.450 e. The lowest BCUT2D eigenvalue weighted by Crippen LogP contribution is -2.25. The first-order valence-electron chi connectivity index (χ1n) is 10.2. The quantitative estimate of drug-likeness (QED) is 0.408. The molecule has 8 heteroatoms. The second kappa shape index (κ2) is 9.12. The molecule has 0 aliphatic heterocycles. The van der Waals surface area contributed by atoms with Crippen molar-refractivity contribution in [3.05, 3.63) is 74.3 Å². The Bertz CT molecular complexity index is 1210. The summed E-state index contributed by atoms with van der Waals surface area (Å²) in [6.07, 6.45) is -1.07. The highest BCUT2D eigenvalue weighted by Crippen LogP contribution is 2.24. The number of aromatic amines is 1. The number of hydrogen-bond donors (Lipinski definition) is 1. The van der Waals surface area contributed by atoms with E-state index in [1.165, 1.54) is 18.5 Å². The van der Waals surface area contributed by atoms with Crippen LogP contribution in [-0.4, -0.2) is 38.4 Å². The third-order valence-electron chi connectivity index (χ3n) is 5.41. The van der Waals surface area contributed by atoms with E-state index in [2.05, 4.69) is 10.1 Å². The number of nitrogens with one attached hydrogen (secondary N) is 1. The van der Waals surface area contributed by atoms with Crippen LogP contribution in [-0.2, 0) is 11.3 Å². The van der Waals surface area contributed by atoms with Gasteiger partial charge in [0.05, 0.1) is 17.9 Å². The molecule has 0 saturated carbocycles. The Morgan fingerprint density at radius 1 is 1.09 bits per heavy atom. The summed E-state index contributed by atoms with van der Waals surface area (Å²) >= 11 is 6.44. The van der Waals surface area contributed by atoms with Crippen LogP contribution < -0.4 is 0 Å². The van der Waals surface area contributed by atoms with E-state index in [1.54, 1.807) is 20.8 Å².